The lowest BCUT2D eigenvalue weighted by atomic mass is 10.1. The zero-order valence-electron chi connectivity index (χ0n) is 10.8. The molecule has 0 unspecified atom stereocenters. The molecule has 0 spiro atoms. The number of para-hydroxylation sites is 1. The van der Waals surface area contributed by atoms with Crippen LogP contribution in [0.15, 0.2) is 36.5 Å². The Morgan fingerprint density at radius 2 is 1.94 bits per heavy atom. The van der Waals surface area contributed by atoms with Crippen LogP contribution in [0.3, 0.4) is 0 Å². The van der Waals surface area contributed by atoms with Crippen LogP contribution in [0.5, 0.6) is 0 Å². The molecule has 1 aromatic carbocycles. The number of nitrogens with zero attached hydrogens (tertiary/aromatic N) is 1. The fourth-order valence-corrected chi connectivity index (χ4v) is 2.07. The van der Waals surface area contributed by atoms with Crippen molar-refractivity contribution < 1.29 is 0 Å². The summed E-state index contributed by atoms with van der Waals surface area (Å²) in [5.41, 5.74) is 1.84. The largest absolute Gasteiger partial charge is 0.358 e. The first-order chi connectivity index (χ1) is 8.44. The maximum atomic E-state index is 5.26. The molecule has 0 aliphatic carbocycles. The average Bonchev–Trinajstić information content (AvgIpc) is 2.26. The molecule has 0 amide bonds. The van der Waals surface area contributed by atoms with Gasteiger partial charge in [-0.2, -0.15) is 0 Å². The fourth-order valence-electron chi connectivity index (χ4n) is 1.64. The number of pyridine rings is 1. The van der Waals surface area contributed by atoms with Gasteiger partial charge in [0.1, 0.15) is 0 Å². The molecule has 2 N–H and O–H groups in total. The van der Waals surface area contributed by atoms with Crippen LogP contribution >= 0.6 is 12.2 Å². The summed E-state index contributed by atoms with van der Waals surface area (Å²) in [6, 6.07) is 10.0. The first-order valence-electron chi connectivity index (χ1n) is 5.88. The molecule has 4 heteroatoms. The Bertz CT molecular complexity index is 573. The Morgan fingerprint density at radius 3 is 2.67 bits per heavy atom. The number of benzene rings is 1. The minimum absolute atomic E-state index is 0.0473. The van der Waals surface area contributed by atoms with Crippen molar-refractivity contribution in [2.75, 3.05) is 5.32 Å². The van der Waals surface area contributed by atoms with Crippen LogP contribution in [0.1, 0.15) is 20.8 Å². The zero-order chi connectivity index (χ0) is 13.2. The summed E-state index contributed by atoms with van der Waals surface area (Å²) in [6.45, 7) is 6.21. The molecule has 18 heavy (non-hydrogen) atoms. The molecule has 0 atom stereocenters. The van der Waals surface area contributed by atoms with Gasteiger partial charge in [-0.05, 0) is 45.1 Å². The maximum absolute atomic E-state index is 5.26. The van der Waals surface area contributed by atoms with Crippen LogP contribution in [0.2, 0.25) is 0 Å². The van der Waals surface area contributed by atoms with E-state index in [2.05, 4.69) is 36.4 Å². The Labute approximate surface area is 113 Å². The highest BCUT2D eigenvalue weighted by molar-refractivity contribution is 7.80. The van der Waals surface area contributed by atoms with Crippen molar-refractivity contribution in [3.8, 4) is 0 Å². The standard InChI is InChI=1S/C14H17N3S/c1-14(2,3)17-13(18)16-11-8-10-6-4-5-7-12(10)15-9-11/h4-9H,1-3H3,(H2,16,17,18). The number of fused-ring (bicyclic) bond motifs is 1. The third-order valence-corrected chi connectivity index (χ3v) is 2.54. The summed E-state index contributed by atoms with van der Waals surface area (Å²) in [7, 11) is 0. The van der Waals surface area contributed by atoms with E-state index in [9.17, 15) is 0 Å². The van der Waals surface area contributed by atoms with Gasteiger partial charge in [-0.3, -0.25) is 4.98 Å². The van der Waals surface area contributed by atoms with Gasteiger partial charge in [-0.25, -0.2) is 0 Å². The summed E-state index contributed by atoms with van der Waals surface area (Å²) in [5.74, 6) is 0. The van der Waals surface area contributed by atoms with E-state index in [-0.39, 0.29) is 5.54 Å². The second kappa shape index (κ2) is 4.90. The predicted octanol–water partition coefficient (Wildman–Crippen LogP) is 3.32. The van der Waals surface area contributed by atoms with Crippen molar-refractivity contribution in [1.82, 2.24) is 10.3 Å². The molecule has 2 rings (SSSR count). The number of nitrogens with one attached hydrogen (secondary N) is 2. The van der Waals surface area contributed by atoms with E-state index in [1.54, 1.807) is 6.20 Å². The van der Waals surface area contributed by atoms with E-state index >= 15 is 0 Å². The molecule has 1 heterocycles. The van der Waals surface area contributed by atoms with Crippen LogP contribution in [-0.2, 0) is 0 Å². The van der Waals surface area contributed by atoms with Crippen LogP contribution in [0.25, 0.3) is 10.9 Å². The lowest BCUT2D eigenvalue weighted by molar-refractivity contribution is 0.515. The van der Waals surface area contributed by atoms with Crippen molar-refractivity contribution in [2.45, 2.75) is 26.3 Å². The number of aromatic nitrogens is 1. The van der Waals surface area contributed by atoms with E-state index in [0.717, 1.165) is 16.6 Å². The highest BCUT2D eigenvalue weighted by Crippen LogP contribution is 2.16. The zero-order valence-corrected chi connectivity index (χ0v) is 11.6. The molecule has 2 aromatic rings. The van der Waals surface area contributed by atoms with Gasteiger partial charge in [0.05, 0.1) is 17.4 Å². The molecule has 0 radical (unpaired) electrons. The number of thiocarbonyl (C=S) groups is 1. The van der Waals surface area contributed by atoms with Gasteiger partial charge in [0.2, 0.25) is 0 Å². The van der Waals surface area contributed by atoms with Crippen molar-refractivity contribution >= 4 is 33.9 Å². The first kappa shape index (κ1) is 12.8. The summed E-state index contributed by atoms with van der Waals surface area (Å²) in [4.78, 5) is 4.38. The number of hydrogen-bond donors (Lipinski definition) is 2. The second-order valence-electron chi connectivity index (χ2n) is 5.25. The molecule has 0 fully saturated rings. The van der Waals surface area contributed by atoms with Gasteiger partial charge in [-0.1, -0.05) is 18.2 Å². The Hall–Kier alpha value is -1.68. The van der Waals surface area contributed by atoms with E-state index in [1.165, 1.54) is 0 Å². The summed E-state index contributed by atoms with van der Waals surface area (Å²) in [5, 5.41) is 8.07. The van der Waals surface area contributed by atoms with E-state index in [0.29, 0.717) is 5.11 Å². The van der Waals surface area contributed by atoms with Gasteiger partial charge >= 0.3 is 0 Å². The number of hydrogen-bond acceptors (Lipinski definition) is 2. The van der Waals surface area contributed by atoms with Crippen molar-refractivity contribution in [3.63, 3.8) is 0 Å². The molecule has 3 nitrogen and oxygen atoms in total. The van der Waals surface area contributed by atoms with Gasteiger partial charge < -0.3 is 10.6 Å². The molecule has 0 saturated carbocycles. The molecular formula is C14H17N3S. The second-order valence-corrected chi connectivity index (χ2v) is 5.65. The number of rotatable bonds is 1. The minimum Gasteiger partial charge on any atom is -0.358 e. The summed E-state index contributed by atoms with van der Waals surface area (Å²) < 4.78 is 0. The van der Waals surface area contributed by atoms with Crippen molar-refractivity contribution in [2.24, 2.45) is 0 Å². The van der Waals surface area contributed by atoms with E-state index < -0.39 is 0 Å². The SMILES string of the molecule is CC(C)(C)NC(=S)Nc1cnc2ccccc2c1. The third kappa shape index (κ3) is 3.40. The number of anilines is 1. The van der Waals surface area contributed by atoms with Crippen LogP contribution in [0.4, 0.5) is 5.69 Å². The lowest BCUT2D eigenvalue weighted by Gasteiger charge is -2.23. The molecule has 0 aliphatic heterocycles. The molecule has 0 aliphatic rings. The van der Waals surface area contributed by atoms with Crippen molar-refractivity contribution in [3.05, 3.63) is 36.5 Å². The fraction of sp³-hybridized carbons (Fsp3) is 0.286. The maximum Gasteiger partial charge on any atom is 0.171 e. The van der Waals surface area contributed by atoms with Gasteiger partial charge in [0.25, 0.3) is 0 Å². The van der Waals surface area contributed by atoms with E-state index in [1.807, 2.05) is 30.3 Å². The Balaban J connectivity index is 2.15. The molecule has 0 bridgehead atoms. The average molecular weight is 259 g/mol. The summed E-state index contributed by atoms with van der Waals surface area (Å²) >= 11 is 5.26. The topological polar surface area (TPSA) is 37.0 Å². The highest BCUT2D eigenvalue weighted by atomic mass is 32.1. The highest BCUT2D eigenvalue weighted by Gasteiger charge is 2.11. The molecular weight excluding hydrogens is 242 g/mol. The van der Waals surface area contributed by atoms with Crippen LogP contribution < -0.4 is 10.6 Å². The summed E-state index contributed by atoms with van der Waals surface area (Å²) in [6.07, 6.45) is 1.79. The monoisotopic (exact) mass is 259 g/mol. The third-order valence-electron chi connectivity index (χ3n) is 2.34. The Morgan fingerprint density at radius 1 is 1.22 bits per heavy atom. The quantitative estimate of drug-likeness (QED) is 0.770. The van der Waals surface area contributed by atoms with Crippen molar-refractivity contribution in [1.29, 1.82) is 0 Å². The van der Waals surface area contributed by atoms with Crippen LogP contribution in [-0.4, -0.2) is 15.6 Å². The Kier molecular flexibility index (Phi) is 3.48. The lowest BCUT2D eigenvalue weighted by Crippen LogP contribution is -2.42. The normalized spacial score (nSPS) is 11.3. The molecule has 94 valence electrons. The van der Waals surface area contributed by atoms with E-state index in [4.69, 9.17) is 12.2 Å². The molecule has 1 aromatic heterocycles. The van der Waals surface area contributed by atoms with Gasteiger partial charge in [0.15, 0.2) is 5.11 Å². The van der Waals surface area contributed by atoms with Gasteiger partial charge in [0, 0.05) is 10.9 Å². The van der Waals surface area contributed by atoms with Gasteiger partial charge in [-0.15, -0.1) is 0 Å². The smallest absolute Gasteiger partial charge is 0.171 e. The molecule has 0 saturated heterocycles. The predicted molar refractivity (Wildman–Crippen MR) is 80.9 cm³/mol. The minimum atomic E-state index is -0.0473. The van der Waals surface area contributed by atoms with Crippen LogP contribution in [0, 0.1) is 0 Å². The first-order valence-corrected chi connectivity index (χ1v) is 6.29.